The number of carbonyl (C=O) groups excluding carboxylic acids is 1. The number of benzene rings is 1. The summed E-state index contributed by atoms with van der Waals surface area (Å²) in [5, 5.41) is -0.241. The van der Waals surface area contributed by atoms with E-state index in [-0.39, 0.29) is 17.0 Å². The van der Waals surface area contributed by atoms with Crippen molar-refractivity contribution in [3.63, 3.8) is 0 Å². The fourth-order valence-electron chi connectivity index (χ4n) is 1.94. The molecule has 2 rings (SSSR count). The molecule has 1 atom stereocenters. The second-order valence-electron chi connectivity index (χ2n) is 3.96. The van der Waals surface area contributed by atoms with Gasteiger partial charge in [0.05, 0.1) is 5.75 Å². The third-order valence-corrected chi connectivity index (χ3v) is 3.94. The molecule has 0 spiro atoms. The lowest BCUT2D eigenvalue weighted by Gasteiger charge is -2.23. The fourth-order valence-corrected chi connectivity index (χ4v) is 3.19. The highest BCUT2D eigenvalue weighted by molar-refractivity contribution is 8.00. The minimum atomic E-state index is -4.71. The third-order valence-electron chi connectivity index (χ3n) is 2.69. The van der Waals surface area contributed by atoms with Crippen LogP contribution in [0.15, 0.2) is 24.3 Å². The molecule has 0 aliphatic carbocycles. The number of halogens is 3. The smallest absolute Gasteiger partial charge is 0.406 e. The number of hydrogen-bond acceptors (Lipinski definition) is 3. The van der Waals surface area contributed by atoms with Gasteiger partial charge >= 0.3 is 6.36 Å². The van der Waals surface area contributed by atoms with Gasteiger partial charge in [-0.3, -0.25) is 4.79 Å². The lowest BCUT2D eigenvalue weighted by atomic mass is 10.2. The highest BCUT2D eigenvalue weighted by Gasteiger charge is 2.33. The van der Waals surface area contributed by atoms with Crippen molar-refractivity contribution >= 4 is 17.7 Å². The first kappa shape index (κ1) is 14.0. The molecule has 1 aliphatic heterocycles. The van der Waals surface area contributed by atoms with E-state index in [2.05, 4.69) is 4.74 Å². The predicted octanol–water partition coefficient (Wildman–Crippen LogP) is 3.18. The average Bonchev–Trinajstić information content (AvgIpc) is 2.68. The van der Waals surface area contributed by atoms with Gasteiger partial charge < -0.3 is 9.64 Å². The molecule has 1 amide bonds. The molecule has 3 nitrogen and oxygen atoms in total. The Morgan fingerprint density at radius 1 is 1.47 bits per heavy atom. The Kier molecular flexibility index (Phi) is 3.93. The van der Waals surface area contributed by atoms with Gasteiger partial charge in [0.25, 0.3) is 0 Å². The molecule has 1 aromatic carbocycles. The summed E-state index contributed by atoms with van der Waals surface area (Å²) < 4.78 is 40.4. The molecule has 0 N–H and O–H groups in total. The zero-order chi connectivity index (χ0) is 14.0. The summed E-state index contributed by atoms with van der Waals surface area (Å²) in [4.78, 5) is 13.2. The molecular weight excluding hydrogens is 279 g/mol. The van der Waals surface area contributed by atoms with Crippen LogP contribution in [-0.2, 0) is 4.79 Å². The Hall–Kier alpha value is -1.37. The van der Waals surface area contributed by atoms with E-state index >= 15 is 0 Å². The van der Waals surface area contributed by atoms with Crippen LogP contribution < -0.4 is 4.74 Å². The lowest BCUT2D eigenvalue weighted by molar-refractivity contribution is -0.274. The zero-order valence-corrected chi connectivity index (χ0v) is 10.9. The molecule has 0 unspecified atom stereocenters. The standard InChI is InChI=1S/C12H12F3NO2S/c1-2-16-10(17)7-19-11(16)8-4-3-5-9(6-8)18-12(13,14)15/h3-6,11H,2,7H2,1H3/t11-/m0/s1. The van der Waals surface area contributed by atoms with Crippen LogP contribution in [0.4, 0.5) is 13.2 Å². The van der Waals surface area contributed by atoms with Crippen LogP contribution >= 0.6 is 11.8 Å². The van der Waals surface area contributed by atoms with Crippen molar-refractivity contribution in [1.82, 2.24) is 4.90 Å². The molecule has 7 heteroatoms. The van der Waals surface area contributed by atoms with Gasteiger partial charge in [-0.15, -0.1) is 24.9 Å². The van der Waals surface area contributed by atoms with E-state index in [0.717, 1.165) is 0 Å². The van der Waals surface area contributed by atoms with E-state index in [0.29, 0.717) is 17.9 Å². The summed E-state index contributed by atoms with van der Waals surface area (Å²) in [6.07, 6.45) is -4.71. The van der Waals surface area contributed by atoms with Gasteiger partial charge in [-0.05, 0) is 24.6 Å². The van der Waals surface area contributed by atoms with E-state index in [1.807, 2.05) is 6.92 Å². The Balaban J connectivity index is 2.21. The molecule has 1 aromatic rings. The molecule has 0 aromatic heterocycles. The van der Waals surface area contributed by atoms with Crippen molar-refractivity contribution in [2.75, 3.05) is 12.3 Å². The van der Waals surface area contributed by atoms with Crippen LogP contribution in [0.25, 0.3) is 0 Å². The molecule has 19 heavy (non-hydrogen) atoms. The van der Waals surface area contributed by atoms with E-state index in [4.69, 9.17) is 0 Å². The summed E-state index contributed by atoms with van der Waals surface area (Å²) in [7, 11) is 0. The van der Waals surface area contributed by atoms with Crippen molar-refractivity contribution in [2.24, 2.45) is 0 Å². The highest BCUT2D eigenvalue weighted by Crippen LogP contribution is 2.39. The molecule has 104 valence electrons. The van der Waals surface area contributed by atoms with Crippen LogP contribution in [0, 0.1) is 0 Å². The molecule has 1 fully saturated rings. The number of carbonyl (C=O) groups is 1. The normalized spacial score (nSPS) is 19.9. The first-order valence-corrected chi connectivity index (χ1v) is 6.72. The van der Waals surface area contributed by atoms with Crippen molar-refractivity contribution in [3.8, 4) is 5.75 Å². The third kappa shape index (κ3) is 3.34. The van der Waals surface area contributed by atoms with Gasteiger partial charge in [-0.2, -0.15) is 0 Å². The average molecular weight is 291 g/mol. The van der Waals surface area contributed by atoms with Crippen molar-refractivity contribution in [3.05, 3.63) is 29.8 Å². The van der Waals surface area contributed by atoms with Crippen LogP contribution in [0.5, 0.6) is 5.75 Å². The maximum absolute atomic E-state index is 12.2. The lowest BCUT2D eigenvalue weighted by Crippen LogP contribution is -2.27. The second-order valence-corrected chi connectivity index (χ2v) is 5.03. The summed E-state index contributed by atoms with van der Waals surface area (Å²) in [5.41, 5.74) is 0.638. The van der Waals surface area contributed by atoms with Crippen LogP contribution in [0.2, 0.25) is 0 Å². The van der Waals surface area contributed by atoms with E-state index in [1.54, 1.807) is 11.0 Å². The second kappa shape index (κ2) is 5.32. The number of ether oxygens (including phenoxy) is 1. The maximum atomic E-state index is 12.2. The van der Waals surface area contributed by atoms with Crippen LogP contribution in [0.1, 0.15) is 17.9 Å². The first-order chi connectivity index (χ1) is 8.90. The molecule has 0 bridgehead atoms. The number of nitrogens with zero attached hydrogens (tertiary/aromatic N) is 1. The molecule has 0 radical (unpaired) electrons. The number of amides is 1. The monoisotopic (exact) mass is 291 g/mol. The van der Waals surface area contributed by atoms with E-state index in [9.17, 15) is 18.0 Å². The summed E-state index contributed by atoms with van der Waals surface area (Å²) >= 11 is 1.40. The summed E-state index contributed by atoms with van der Waals surface area (Å²) in [6.45, 7) is 2.37. The van der Waals surface area contributed by atoms with Crippen molar-refractivity contribution in [2.45, 2.75) is 18.7 Å². The van der Waals surface area contributed by atoms with Crippen LogP contribution in [0.3, 0.4) is 0 Å². The van der Waals surface area contributed by atoms with Gasteiger partial charge in [0, 0.05) is 6.54 Å². The van der Waals surface area contributed by atoms with Crippen molar-refractivity contribution < 1.29 is 22.7 Å². The largest absolute Gasteiger partial charge is 0.573 e. The Labute approximate surface area is 112 Å². The number of rotatable bonds is 3. The van der Waals surface area contributed by atoms with Crippen LogP contribution in [-0.4, -0.2) is 29.5 Å². The van der Waals surface area contributed by atoms with E-state index < -0.39 is 6.36 Å². The van der Waals surface area contributed by atoms with Crippen molar-refractivity contribution in [1.29, 1.82) is 0 Å². The quantitative estimate of drug-likeness (QED) is 0.856. The van der Waals surface area contributed by atoms with E-state index in [1.165, 1.54) is 30.0 Å². The topological polar surface area (TPSA) is 29.5 Å². The number of hydrogen-bond donors (Lipinski definition) is 0. The summed E-state index contributed by atoms with van der Waals surface area (Å²) in [6, 6.07) is 5.76. The Morgan fingerprint density at radius 3 is 2.84 bits per heavy atom. The fraction of sp³-hybridized carbons (Fsp3) is 0.417. The summed E-state index contributed by atoms with van der Waals surface area (Å²) in [5.74, 6) is 0.0868. The highest BCUT2D eigenvalue weighted by atomic mass is 32.2. The number of alkyl halides is 3. The Morgan fingerprint density at radius 2 is 2.21 bits per heavy atom. The van der Waals surface area contributed by atoms with Gasteiger partial charge in [0.15, 0.2) is 0 Å². The zero-order valence-electron chi connectivity index (χ0n) is 10.1. The molecular formula is C12H12F3NO2S. The molecule has 1 saturated heterocycles. The number of thioether (sulfide) groups is 1. The van der Waals surface area contributed by atoms with Gasteiger partial charge in [-0.25, -0.2) is 0 Å². The maximum Gasteiger partial charge on any atom is 0.573 e. The predicted molar refractivity (Wildman–Crippen MR) is 65.7 cm³/mol. The minimum absolute atomic E-state index is 0.000331. The van der Waals surface area contributed by atoms with Gasteiger partial charge in [-0.1, -0.05) is 12.1 Å². The molecule has 1 heterocycles. The van der Waals surface area contributed by atoms with Gasteiger partial charge in [0.1, 0.15) is 11.1 Å². The molecule has 0 saturated carbocycles. The first-order valence-electron chi connectivity index (χ1n) is 5.67. The molecule has 1 aliphatic rings. The van der Waals surface area contributed by atoms with Gasteiger partial charge in [0.2, 0.25) is 5.91 Å². The SMILES string of the molecule is CCN1C(=O)CS[C@H]1c1cccc(OC(F)(F)F)c1. The Bertz CT molecular complexity index is 478. The minimum Gasteiger partial charge on any atom is -0.406 e.